The Bertz CT molecular complexity index is 1450. The number of nitrogens with zero attached hydrogens (tertiary/aromatic N) is 3. The van der Waals surface area contributed by atoms with Crippen LogP contribution in [0.25, 0.3) is 22.2 Å². The summed E-state index contributed by atoms with van der Waals surface area (Å²) >= 11 is 0. The third-order valence-corrected chi connectivity index (χ3v) is 5.83. The van der Waals surface area contributed by atoms with Gasteiger partial charge in [0.25, 0.3) is 5.56 Å². The van der Waals surface area contributed by atoms with Crippen molar-refractivity contribution in [3.63, 3.8) is 0 Å². The molecule has 0 spiro atoms. The summed E-state index contributed by atoms with van der Waals surface area (Å²) in [6.45, 7) is 2.57. The van der Waals surface area contributed by atoms with Crippen molar-refractivity contribution in [1.82, 2.24) is 14.3 Å². The van der Waals surface area contributed by atoms with Crippen molar-refractivity contribution in [2.45, 2.75) is 26.4 Å². The zero-order valence-electron chi connectivity index (χ0n) is 18.4. The number of hydrogen-bond donors (Lipinski definition) is 1. The Morgan fingerprint density at radius 1 is 0.909 bits per heavy atom. The van der Waals surface area contributed by atoms with E-state index in [0.29, 0.717) is 23.5 Å². The summed E-state index contributed by atoms with van der Waals surface area (Å²) in [4.78, 5) is 25.8. The zero-order chi connectivity index (χ0) is 22.8. The number of rotatable bonds is 6. The van der Waals surface area contributed by atoms with Crippen molar-refractivity contribution in [3.8, 4) is 11.3 Å². The van der Waals surface area contributed by atoms with Crippen molar-refractivity contribution in [2.24, 2.45) is 0 Å². The van der Waals surface area contributed by atoms with Crippen molar-refractivity contribution >= 4 is 22.5 Å². The molecule has 0 saturated carbocycles. The molecule has 33 heavy (non-hydrogen) atoms. The van der Waals surface area contributed by atoms with Crippen LogP contribution in [0, 0.1) is 0 Å². The van der Waals surface area contributed by atoms with Crippen LogP contribution in [-0.2, 0) is 24.3 Å². The van der Waals surface area contributed by atoms with Gasteiger partial charge in [-0.2, -0.15) is 5.10 Å². The molecule has 3 aromatic rings. The van der Waals surface area contributed by atoms with Gasteiger partial charge in [0, 0.05) is 23.8 Å². The van der Waals surface area contributed by atoms with Gasteiger partial charge in [-0.15, -0.1) is 0 Å². The second kappa shape index (κ2) is 8.74. The molecule has 0 fully saturated rings. The number of carbonyl (C=O) groups is 1. The number of benzene rings is 3. The molecule has 0 unspecified atom stereocenters. The number of fused-ring (bicyclic) bond motifs is 3. The first kappa shape index (κ1) is 20.7. The average Bonchev–Trinajstić information content (AvgIpc) is 3.15. The van der Waals surface area contributed by atoms with E-state index in [-0.39, 0.29) is 18.0 Å². The van der Waals surface area contributed by atoms with Crippen molar-refractivity contribution in [3.05, 3.63) is 107 Å². The molecule has 2 aliphatic rings. The van der Waals surface area contributed by atoms with E-state index < -0.39 is 0 Å². The summed E-state index contributed by atoms with van der Waals surface area (Å²) in [7, 11) is 0. The van der Waals surface area contributed by atoms with Crippen LogP contribution in [0.15, 0.2) is 89.9 Å². The molecular weight excluding hydrogens is 412 g/mol. The van der Waals surface area contributed by atoms with Gasteiger partial charge < -0.3 is 9.88 Å². The number of aryl methyl sites for hydroxylation is 1. The molecule has 6 nitrogen and oxygen atoms in total. The lowest BCUT2D eigenvalue weighted by Crippen LogP contribution is -2.26. The molecule has 1 N–H and O–H groups in total. The average molecular weight is 437 g/mol. The topological polar surface area (TPSA) is 68.9 Å². The van der Waals surface area contributed by atoms with E-state index in [2.05, 4.69) is 34.0 Å². The maximum Gasteiger partial charge on any atom is 0.278 e. The molecule has 1 amide bonds. The number of aromatic nitrogens is 3. The first-order chi connectivity index (χ1) is 16.1. The van der Waals surface area contributed by atoms with E-state index in [1.807, 2.05) is 72.9 Å². The minimum absolute atomic E-state index is 0.143. The Labute approximate surface area is 191 Å². The third kappa shape index (κ3) is 4.15. The second-order valence-electron chi connectivity index (χ2n) is 8.08. The summed E-state index contributed by atoms with van der Waals surface area (Å²) in [6, 6.07) is 25.7. The Balaban J connectivity index is 1.49. The van der Waals surface area contributed by atoms with Gasteiger partial charge in [-0.05, 0) is 35.7 Å². The highest BCUT2D eigenvalue weighted by atomic mass is 16.2. The summed E-state index contributed by atoms with van der Waals surface area (Å²) < 4.78 is 3.31. The van der Waals surface area contributed by atoms with Crippen LogP contribution in [0.5, 0.6) is 0 Å². The highest BCUT2D eigenvalue weighted by Crippen LogP contribution is 2.27. The first-order valence-corrected chi connectivity index (χ1v) is 11.0. The number of amides is 1. The minimum Gasteiger partial charge on any atom is -0.342 e. The third-order valence-electron chi connectivity index (χ3n) is 5.83. The van der Waals surface area contributed by atoms with Crippen molar-refractivity contribution in [2.75, 3.05) is 5.32 Å². The summed E-state index contributed by atoms with van der Waals surface area (Å²) in [6.07, 6.45) is 2.78. The Kier molecular flexibility index (Phi) is 5.48. The summed E-state index contributed by atoms with van der Waals surface area (Å²) in [5, 5.41) is 8.26. The molecule has 0 aromatic heterocycles. The number of anilines is 1. The van der Waals surface area contributed by atoms with E-state index in [9.17, 15) is 9.59 Å². The number of hydrogen-bond acceptors (Lipinski definition) is 3. The lowest BCUT2D eigenvalue weighted by atomic mass is 10.1. The molecule has 5 rings (SSSR count). The van der Waals surface area contributed by atoms with Crippen LogP contribution in [0.2, 0.25) is 0 Å². The number of pyridine rings is 1. The molecule has 2 heterocycles. The molecule has 0 atom stereocenters. The van der Waals surface area contributed by atoms with Gasteiger partial charge in [0.15, 0.2) is 0 Å². The van der Waals surface area contributed by atoms with E-state index in [4.69, 9.17) is 0 Å². The fourth-order valence-corrected chi connectivity index (χ4v) is 4.10. The molecule has 0 aliphatic carbocycles. The molecule has 0 saturated heterocycles. The monoisotopic (exact) mass is 436 g/mol. The Morgan fingerprint density at radius 3 is 2.39 bits per heavy atom. The van der Waals surface area contributed by atoms with Gasteiger partial charge in [0.2, 0.25) is 5.91 Å². The van der Waals surface area contributed by atoms with Gasteiger partial charge >= 0.3 is 0 Å². The first-order valence-electron chi connectivity index (χ1n) is 11.0. The molecule has 2 aliphatic heterocycles. The molecule has 164 valence electrons. The van der Waals surface area contributed by atoms with Crippen molar-refractivity contribution in [1.29, 1.82) is 0 Å². The second-order valence-corrected chi connectivity index (χ2v) is 8.08. The lowest BCUT2D eigenvalue weighted by molar-refractivity contribution is -0.116. The molecule has 0 radical (unpaired) electrons. The molecule has 3 aromatic carbocycles. The van der Waals surface area contributed by atoms with E-state index in [1.165, 1.54) is 10.2 Å². The van der Waals surface area contributed by atoms with Crippen LogP contribution in [0.1, 0.15) is 18.1 Å². The molecule has 0 bridgehead atoms. The van der Waals surface area contributed by atoms with Gasteiger partial charge in [0.05, 0.1) is 11.1 Å². The minimum atomic E-state index is -0.286. The zero-order valence-corrected chi connectivity index (χ0v) is 18.4. The van der Waals surface area contributed by atoms with Gasteiger partial charge in [0.1, 0.15) is 12.2 Å². The molecular formula is C27H24N4O2. The Hall–Kier alpha value is -4.19. The SMILES string of the molecule is CCc1ccc(NC(=O)Cn2nc3c4ccccc4n(Cc4ccccc4)cc-3c2=O)cc1. The number of nitrogens with one attached hydrogen (secondary N) is 1. The van der Waals surface area contributed by atoms with E-state index >= 15 is 0 Å². The summed E-state index contributed by atoms with van der Waals surface area (Å²) in [5.74, 6) is -0.286. The molecule has 6 heteroatoms. The van der Waals surface area contributed by atoms with Crippen LogP contribution < -0.4 is 10.9 Å². The maximum atomic E-state index is 13.2. The maximum absolute atomic E-state index is 13.2. The summed E-state index contributed by atoms with van der Waals surface area (Å²) in [5.41, 5.74) is 4.87. The van der Waals surface area contributed by atoms with Crippen LogP contribution in [0.4, 0.5) is 5.69 Å². The van der Waals surface area contributed by atoms with Gasteiger partial charge in [-0.1, -0.05) is 67.6 Å². The predicted molar refractivity (Wildman–Crippen MR) is 131 cm³/mol. The quantitative estimate of drug-likeness (QED) is 0.425. The number of para-hydroxylation sites is 1. The van der Waals surface area contributed by atoms with Crippen LogP contribution in [0.3, 0.4) is 0 Å². The largest absolute Gasteiger partial charge is 0.342 e. The highest BCUT2D eigenvalue weighted by Gasteiger charge is 2.21. The van der Waals surface area contributed by atoms with Gasteiger partial charge in [-0.25, -0.2) is 4.68 Å². The predicted octanol–water partition coefficient (Wildman–Crippen LogP) is 4.55. The fourth-order valence-electron chi connectivity index (χ4n) is 4.10. The van der Waals surface area contributed by atoms with E-state index in [1.54, 1.807) is 0 Å². The van der Waals surface area contributed by atoms with Crippen molar-refractivity contribution < 1.29 is 4.79 Å². The van der Waals surface area contributed by atoms with E-state index in [0.717, 1.165) is 22.9 Å². The normalized spacial score (nSPS) is 11.2. The van der Waals surface area contributed by atoms with Gasteiger partial charge in [-0.3, -0.25) is 9.59 Å². The smallest absolute Gasteiger partial charge is 0.278 e. The highest BCUT2D eigenvalue weighted by molar-refractivity contribution is 5.94. The number of carbonyl (C=O) groups excluding carboxylic acids is 1. The van der Waals surface area contributed by atoms with Crippen LogP contribution >= 0.6 is 0 Å². The fraction of sp³-hybridized carbons (Fsp3) is 0.148. The Morgan fingerprint density at radius 2 is 1.64 bits per heavy atom. The lowest BCUT2D eigenvalue weighted by Gasteiger charge is -2.13. The standard InChI is InChI=1S/C27H24N4O2/c1-2-19-12-14-21(15-13-19)28-25(32)18-31-27(33)23-17-30(16-20-8-4-3-5-9-20)24-11-7-6-10-22(24)26(23)29-31/h3-15,17H,2,16,18H2,1H3,(H,28,32). The van der Waals surface area contributed by atoms with Crippen LogP contribution in [-0.4, -0.2) is 20.3 Å².